The van der Waals surface area contributed by atoms with Gasteiger partial charge in [0, 0.05) is 11.6 Å². The first kappa shape index (κ1) is 23.3. The second kappa shape index (κ2) is 9.42. The molecule has 1 aromatic heterocycles. The van der Waals surface area contributed by atoms with Crippen LogP contribution < -0.4 is 11.1 Å². The molecule has 1 atom stereocenters. The normalized spacial score (nSPS) is 15.9. The van der Waals surface area contributed by atoms with Crippen LogP contribution in [0.25, 0.3) is 11.4 Å². The number of carbonyl (C=O) groups excluding carboxylic acids is 2. The van der Waals surface area contributed by atoms with Gasteiger partial charge in [0.1, 0.15) is 0 Å². The predicted molar refractivity (Wildman–Crippen MR) is 124 cm³/mol. The van der Waals surface area contributed by atoms with Crippen molar-refractivity contribution in [1.82, 2.24) is 20.1 Å². The van der Waals surface area contributed by atoms with Crippen LogP contribution in [0.5, 0.6) is 0 Å². The molecule has 1 saturated carbocycles. The number of rotatable bonds is 6. The van der Waals surface area contributed by atoms with E-state index in [1.165, 1.54) is 30.2 Å². The highest BCUT2D eigenvalue weighted by molar-refractivity contribution is 8.00. The summed E-state index contributed by atoms with van der Waals surface area (Å²) in [4.78, 5) is 23.8. The molecule has 1 aliphatic carbocycles. The predicted octanol–water partition coefficient (Wildman–Crippen LogP) is 4.67. The fourth-order valence-electron chi connectivity index (χ4n) is 3.96. The number of primary amides is 1. The Labute approximate surface area is 188 Å². The van der Waals surface area contributed by atoms with Crippen molar-refractivity contribution in [3.8, 4) is 11.4 Å². The molecule has 3 amide bonds. The zero-order valence-electron chi connectivity index (χ0n) is 19.0. The minimum atomic E-state index is -0.840. The van der Waals surface area contributed by atoms with Crippen molar-refractivity contribution in [2.75, 3.05) is 0 Å². The molecule has 3 N–H and O–H groups in total. The molecule has 7 nitrogen and oxygen atoms in total. The number of carbonyl (C=O) groups is 2. The van der Waals surface area contributed by atoms with Crippen LogP contribution in [-0.2, 0) is 10.2 Å². The zero-order chi connectivity index (χ0) is 22.8. The molecule has 3 rings (SSSR count). The van der Waals surface area contributed by atoms with Crippen LogP contribution in [0.4, 0.5) is 4.79 Å². The highest BCUT2D eigenvalue weighted by Gasteiger charge is 2.31. The van der Waals surface area contributed by atoms with E-state index in [2.05, 4.69) is 65.1 Å². The Morgan fingerprint density at radius 2 is 1.74 bits per heavy atom. The second-order valence-corrected chi connectivity index (χ2v) is 10.7. The van der Waals surface area contributed by atoms with Gasteiger partial charge in [0.2, 0.25) is 5.91 Å². The number of imide groups is 1. The Bertz CT molecular complexity index is 924. The molecular weight excluding hydrogens is 410 g/mol. The van der Waals surface area contributed by atoms with Gasteiger partial charge in [-0.1, -0.05) is 83.5 Å². The Morgan fingerprint density at radius 1 is 1.13 bits per heavy atom. The summed E-state index contributed by atoms with van der Waals surface area (Å²) in [6, 6.07) is 7.96. The van der Waals surface area contributed by atoms with Gasteiger partial charge in [0.05, 0.1) is 5.25 Å². The van der Waals surface area contributed by atoms with Crippen molar-refractivity contribution in [2.45, 2.75) is 82.2 Å². The average molecular weight is 444 g/mol. The lowest BCUT2D eigenvalue weighted by atomic mass is 9.86. The molecule has 0 saturated heterocycles. The van der Waals surface area contributed by atoms with Crippen LogP contribution in [0.1, 0.15) is 71.9 Å². The molecule has 0 bridgehead atoms. The number of hydrogen-bond donors (Lipinski definition) is 2. The van der Waals surface area contributed by atoms with Gasteiger partial charge in [-0.3, -0.25) is 14.7 Å². The Hall–Kier alpha value is -2.35. The van der Waals surface area contributed by atoms with E-state index in [1.807, 2.05) is 13.8 Å². The molecule has 1 fully saturated rings. The van der Waals surface area contributed by atoms with Gasteiger partial charge in [-0.25, -0.2) is 4.79 Å². The van der Waals surface area contributed by atoms with E-state index in [9.17, 15) is 9.59 Å². The number of benzene rings is 1. The van der Waals surface area contributed by atoms with E-state index in [-0.39, 0.29) is 11.3 Å². The highest BCUT2D eigenvalue weighted by Crippen LogP contribution is 2.39. The number of nitrogens with one attached hydrogen (secondary N) is 1. The summed E-state index contributed by atoms with van der Waals surface area (Å²) >= 11 is 1.35. The molecule has 31 heavy (non-hydrogen) atoms. The van der Waals surface area contributed by atoms with E-state index in [0.717, 1.165) is 24.2 Å². The highest BCUT2D eigenvalue weighted by atomic mass is 32.2. The summed E-state index contributed by atoms with van der Waals surface area (Å²) < 4.78 is 2.19. The maximum atomic E-state index is 12.6. The van der Waals surface area contributed by atoms with E-state index in [1.54, 1.807) is 0 Å². The quantitative estimate of drug-likeness (QED) is 0.632. The van der Waals surface area contributed by atoms with Crippen LogP contribution in [0.15, 0.2) is 29.4 Å². The lowest BCUT2D eigenvalue weighted by Gasteiger charge is -2.22. The van der Waals surface area contributed by atoms with Crippen molar-refractivity contribution in [2.24, 2.45) is 11.7 Å². The van der Waals surface area contributed by atoms with Crippen LogP contribution in [-0.4, -0.2) is 32.0 Å². The van der Waals surface area contributed by atoms with E-state index in [0.29, 0.717) is 11.2 Å². The molecule has 0 spiro atoms. The summed E-state index contributed by atoms with van der Waals surface area (Å²) in [5.41, 5.74) is 7.52. The Morgan fingerprint density at radius 3 is 2.26 bits per heavy atom. The minimum absolute atomic E-state index is 0.00685. The van der Waals surface area contributed by atoms with E-state index >= 15 is 0 Å². The van der Waals surface area contributed by atoms with Gasteiger partial charge in [0.25, 0.3) is 0 Å². The van der Waals surface area contributed by atoms with Gasteiger partial charge in [0.15, 0.2) is 11.0 Å². The molecule has 1 aromatic carbocycles. The molecule has 1 heterocycles. The lowest BCUT2D eigenvalue weighted by Crippen LogP contribution is -2.42. The van der Waals surface area contributed by atoms with Gasteiger partial charge >= 0.3 is 6.03 Å². The standard InChI is InChI=1S/C23H33N5O2S/c1-14(2)18(20(29)25-21(24)30)31-22-27-26-19(28(22)17-8-6-7-9-17)15-10-12-16(13-11-15)23(3,4)5/h10-14,17-18H,6-9H2,1-5H3,(H3,24,25,29,30). The average Bonchev–Trinajstić information content (AvgIpc) is 3.34. The maximum Gasteiger partial charge on any atom is 0.318 e. The van der Waals surface area contributed by atoms with Crippen molar-refractivity contribution in [1.29, 1.82) is 0 Å². The smallest absolute Gasteiger partial charge is 0.318 e. The number of nitrogens with zero attached hydrogens (tertiary/aromatic N) is 3. The Kier molecular flexibility index (Phi) is 7.09. The minimum Gasteiger partial charge on any atom is -0.351 e. The third-order valence-corrected chi connectivity index (χ3v) is 7.21. The van der Waals surface area contributed by atoms with Crippen molar-refractivity contribution < 1.29 is 9.59 Å². The monoisotopic (exact) mass is 443 g/mol. The third-order valence-electron chi connectivity index (χ3n) is 5.71. The number of hydrogen-bond acceptors (Lipinski definition) is 5. The first-order chi connectivity index (χ1) is 14.6. The molecule has 8 heteroatoms. The van der Waals surface area contributed by atoms with Crippen molar-refractivity contribution >= 4 is 23.7 Å². The molecule has 0 aliphatic heterocycles. The summed E-state index contributed by atoms with van der Waals surface area (Å²) in [7, 11) is 0. The summed E-state index contributed by atoms with van der Waals surface area (Å²) in [5, 5.41) is 11.4. The lowest BCUT2D eigenvalue weighted by molar-refractivity contribution is -0.120. The topological polar surface area (TPSA) is 103 Å². The number of thioether (sulfide) groups is 1. The molecule has 2 aromatic rings. The summed E-state index contributed by atoms with van der Waals surface area (Å²) in [5.74, 6) is 0.421. The number of nitrogens with two attached hydrogens (primary N) is 1. The third kappa shape index (κ3) is 5.47. The number of aromatic nitrogens is 3. The maximum absolute atomic E-state index is 12.6. The molecular formula is C23H33N5O2S. The van der Waals surface area contributed by atoms with Crippen LogP contribution in [0, 0.1) is 5.92 Å². The van der Waals surface area contributed by atoms with E-state index in [4.69, 9.17) is 5.73 Å². The van der Waals surface area contributed by atoms with Gasteiger partial charge in [-0.05, 0) is 29.7 Å². The Balaban J connectivity index is 1.97. The number of amides is 3. The van der Waals surface area contributed by atoms with E-state index < -0.39 is 17.2 Å². The second-order valence-electron chi connectivity index (χ2n) is 9.58. The molecule has 1 unspecified atom stereocenters. The molecule has 0 radical (unpaired) electrons. The first-order valence-electron chi connectivity index (χ1n) is 10.9. The largest absolute Gasteiger partial charge is 0.351 e. The first-order valence-corrected chi connectivity index (χ1v) is 11.8. The fourth-order valence-corrected chi connectivity index (χ4v) is 5.07. The summed E-state index contributed by atoms with van der Waals surface area (Å²) in [6.45, 7) is 10.5. The SMILES string of the molecule is CC(C)C(Sc1nnc(-c2ccc(C(C)(C)C)cc2)n1C1CCCC1)C(=O)NC(N)=O. The van der Waals surface area contributed by atoms with Crippen LogP contribution in [0.3, 0.4) is 0 Å². The van der Waals surface area contributed by atoms with Gasteiger partial charge < -0.3 is 5.73 Å². The van der Waals surface area contributed by atoms with Crippen LogP contribution >= 0.6 is 11.8 Å². The fraction of sp³-hybridized carbons (Fsp3) is 0.565. The van der Waals surface area contributed by atoms with Gasteiger partial charge in [-0.15, -0.1) is 10.2 Å². The van der Waals surface area contributed by atoms with Crippen molar-refractivity contribution in [3.63, 3.8) is 0 Å². The molecule has 1 aliphatic rings. The number of urea groups is 1. The molecule has 168 valence electrons. The zero-order valence-corrected chi connectivity index (χ0v) is 19.8. The summed E-state index contributed by atoms with van der Waals surface area (Å²) in [6.07, 6.45) is 4.48. The van der Waals surface area contributed by atoms with Crippen LogP contribution in [0.2, 0.25) is 0 Å². The van der Waals surface area contributed by atoms with Gasteiger partial charge in [-0.2, -0.15) is 0 Å². The van der Waals surface area contributed by atoms with Crippen molar-refractivity contribution in [3.05, 3.63) is 29.8 Å².